The fourth-order valence-electron chi connectivity index (χ4n) is 3.02. The maximum Gasteiger partial charge on any atom is 0.0760 e. The van der Waals surface area contributed by atoms with Crippen molar-refractivity contribution in [3.05, 3.63) is 24.3 Å². The fourth-order valence-corrected chi connectivity index (χ4v) is 3.02. The molecule has 0 aromatic rings. The zero-order chi connectivity index (χ0) is 7.42. The van der Waals surface area contributed by atoms with Gasteiger partial charge in [-0.05, 0) is 24.2 Å². The summed E-state index contributed by atoms with van der Waals surface area (Å²) in [6, 6.07) is 0. The first-order valence-electron chi connectivity index (χ1n) is 4.41. The van der Waals surface area contributed by atoms with Gasteiger partial charge in [-0.2, -0.15) is 0 Å². The van der Waals surface area contributed by atoms with Crippen molar-refractivity contribution in [1.82, 2.24) is 0 Å². The maximum absolute atomic E-state index is 9.60. The van der Waals surface area contributed by atoms with Crippen LogP contribution in [-0.4, -0.2) is 11.2 Å². The van der Waals surface area contributed by atoms with Gasteiger partial charge in [0.2, 0.25) is 0 Å². The third kappa shape index (κ3) is 0.603. The molecule has 11 heavy (non-hydrogen) atoms. The molecule has 0 radical (unpaired) electrons. The number of aliphatic hydroxyl groups is 1. The number of hydrogen-bond donors (Lipinski definition) is 1. The van der Waals surface area contributed by atoms with Gasteiger partial charge in [-0.1, -0.05) is 24.3 Å². The highest BCUT2D eigenvalue weighted by molar-refractivity contribution is 5.24. The van der Waals surface area contributed by atoms with E-state index in [1.165, 1.54) is 6.42 Å². The summed E-state index contributed by atoms with van der Waals surface area (Å²) >= 11 is 0. The van der Waals surface area contributed by atoms with E-state index in [-0.39, 0.29) is 6.10 Å². The highest BCUT2D eigenvalue weighted by atomic mass is 16.3. The van der Waals surface area contributed by atoms with Crippen molar-refractivity contribution in [2.75, 3.05) is 0 Å². The van der Waals surface area contributed by atoms with Crippen LogP contribution >= 0.6 is 0 Å². The number of aliphatic hydroxyl groups excluding tert-OH is 1. The molecule has 3 aliphatic carbocycles. The number of allylic oxidation sites excluding steroid dienone is 3. The number of fused-ring (bicyclic) bond motifs is 5. The Morgan fingerprint density at radius 2 is 1.82 bits per heavy atom. The van der Waals surface area contributed by atoms with E-state index in [0.29, 0.717) is 17.8 Å². The summed E-state index contributed by atoms with van der Waals surface area (Å²) in [5.74, 6) is 2.62. The molecule has 0 saturated heterocycles. The quantitative estimate of drug-likeness (QED) is 0.514. The first-order valence-corrected chi connectivity index (χ1v) is 4.41. The van der Waals surface area contributed by atoms with Crippen molar-refractivity contribution in [3.63, 3.8) is 0 Å². The molecule has 0 heterocycles. The second-order valence-electron chi connectivity index (χ2n) is 3.98. The van der Waals surface area contributed by atoms with E-state index in [4.69, 9.17) is 0 Å². The molecule has 1 unspecified atom stereocenters. The van der Waals surface area contributed by atoms with Gasteiger partial charge >= 0.3 is 0 Å². The Morgan fingerprint density at radius 1 is 1.00 bits per heavy atom. The van der Waals surface area contributed by atoms with Crippen molar-refractivity contribution < 1.29 is 5.11 Å². The van der Waals surface area contributed by atoms with E-state index in [0.717, 1.165) is 5.92 Å². The van der Waals surface area contributed by atoms with Crippen molar-refractivity contribution in [1.29, 1.82) is 0 Å². The van der Waals surface area contributed by atoms with Crippen LogP contribution in [0.25, 0.3) is 0 Å². The van der Waals surface area contributed by atoms with Crippen LogP contribution in [0.5, 0.6) is 0 Å². The Balaban J connectivity index is 2.02. The zero-order valence-corrected chi connectivity index (χ0v) is 6.35. The molecule has 3 rings (SSSR count). The van der Waals surface area contributed by atoms with E-state index < -0.39 is 0 Å². The second-order valence-corrected chi connectivity index (χ2v) is 3.98. The summed E-state index contributed by atoms with van der Waals surface area (Å²) in [6.07, 6.45) is 9.94. The molecule has 0 spiro atoms. The van der Waals surface area contributed by atoms with Gasteiger partial charge in [0.1, 0.15) is 0 Å². The van der Waals surface area contributed by atoms with Gasteiger partial charge in [-0.25, -0.2) is 0 Å². The predicted molar refractivity (Wildman–Crippen MR) is 42.9 cm³/mol. The predicted octanol–water partition coefficient (Wildman–Crippen LogP) is 1.36. The van der Waals surface area contributed by atoms with Gasteiger partial charge < -0.3 is 5.11 Å². The largest absolute Gasteiger partial charge is 0.389 e. The van der Waals surface area contributed by atoms with Gasteiger partial charge in [-0.15, -0.1) is 0 Å². The van der Waals surface area contributed by atoms with Gasteiger partial charge in [0.25, 0.3) is 0 Å². The summed E-state index contributed by atoms with van der Waals surface area (Å²) in [5, 5.41) is 9.60. The lowest BCUT2D eigenvalue weighted by molar-refractivity contribution is 0.132. The van der Waals surface area contributed by atoms with Gasteiger partial charge in [-0.3, -0.25) is 0 Å². The molecule has 1 heteroatoms. The standard InChI is InChI=1S/C10H12O/c11-9-4-3-8-6-1-2-7(5-6)10(8)9/h1-4,6-11H,5H2/t6-,7+,8-,9?,10+/m0/s1. The normalized spacial score (nSPS) is 57.4. The lowest BCUT2D eigenvalue weighted by Gasteiger charge is -2.22. The number of hydrogen-bond acceptors (Lipinski definition) is 1. The van der Waals surface area contributed by atoms with Gasteiger partial charge in [0, 0.05) is 5.92 Å². The van der Waals surface area contributed by atoms with Gasteiger partial charge in [0.15, 0.2) is 0 Å². The molecule has 5 atom stereocenters. The van der Waals surface area contributed by atoms with Crippen molar-refractivity contribution in [3.8, 4) is 0 Å². The molecule has 0 amide bonds. The summed E-state index contributed by atoms with van der Waals surface area (Å²) in [6.45, 7) is 0. The third-order valence-corrected chi connectivity index (χ3v) is 3.51. The zero-order valence-electron chi connectivity index (χ0n) is 6.35. The molecule has 58 valence electrons. The minimum Gasteiger partial charge on any atom is -0.389 e. The molecule has 1 nitrogen and oxygen atoms in total. The monoisotopic (exact) mass is 148 g/mol. The average Bonchev–Trinajstić information content (AvgIpc) is 2.60. The minimum absolute atomic E-state index is 0.153. The molecule has 3 aliphatic rings. The molecule has 0 aliphatic heterocycles. The van der Waals surface area contributed by atoms with E-state index in [2.05, 4.69) is 18.2 Å². The Morgan fingerprint density at radius 3 is 2.64 bits per heavy atom. The van der Waals surface area contributed by atoms with Crippen LogP contribution in [0.4, 0.5) is 0 Å². The van der Waals surface area contributed by atoms with Crippen LogP contribution in [0.2, 0.25) is 0 Å². The molecular formula is C10H12O. The lowest BCUT2D eigenvalue weighted by Crippen LogP contribution is -2.23. The van der Waals surface area contributed by atoms with Crippen molar-refractivity contribution in [2.45, 2.75) is 12.5 Å². The van der Waals surface area contributed by atoms with Crippen molar-refractivity contribution >= 4 is 0 Å². The van der Waals surface area contributed by atoms with E-state index in [1.807, 2.05) is 6.08 Å². The topological polar surface area (TPSA) is 20.2 Å². The van der Waals surface area contributed by atoms with Crippen LogP contribution in [-0.2, 0) is 0 Å². The SMILES string of the molecule is OC1C=C[C@@H]2[C@H]1[C@@H]1C=C[C@H]2C1. The van der Waals surface area contributed by atoms with Crippen molar-refractivity contribution in [2.24, 2.45) is 23.7 Å². The Labute approximate surface area is 66.4 Å². The van der Waals surface area contributed by atoms with E-state index in [1.54, 1.807) is 0 Å². The highest BCUT2D eigenvalue weighted by Gasteiger charge is 2.48. The van der Waals surface area contributed by atoms with Crippen LogP contribution in [0, 0.1) is 23.7 Å². The lowest BCUT2D eigenvalue weighted by atomic mass is 9.84. The molecular weight excluding hydrogens is 136 g/mol. The maximum atomic E-state index is 9.60. The van der Waals surface area contributed by atoms with Crippen LogP contribution in [0.15, 0.2) is 24.3 Å². The summed E-state index contributed by atoms with van der Waals surface area (Å²) < 4.78 is 0. The molecule has 0 aromatic carbocycles. The molecule has 0 aromatic heterocycles. The van der Waals surface area contributed by atoms with E-state index >= 15 is 0 Å². The average molecular weight is 148 g/mol. The Hall–Kier alpha value is -0.560. The minimum atomic E-state index is -0.153. The summed E-state index contributed by atoms with van der Waals surface area (Å²) in [5.41, 5.74) is 0. The fraction of sp³-hybridized carbons (Fsp3) is 0.600. The first kappa shape index (κ1) is 6.01. The van der Waals surface area contributed by atoms with Gasteiger partial charge in [0.05, 0.1) is 6.10 Å². The van der Waals surface area contributed by atoms with E-state index in [9.17, 15) is 5.11 Å². The molecule has 1 fully saturated rings. The van der Waals surface area contributed by atoms with Crippen LogP contribution in [0.1, 0.15) is 6.42 Å². The molecule has 1 N–H and O–H groups in total. The third-order valence-electron chi connectivity index (χ3n) is 3.51. The Bertz CT molecular complexity index is 241. The van der Waals surface area contributed by atoms with Crippen LogP contribution < -0.4 is 0 Å². The number of rotatable bonds is 0. The summed E-state index contributed by atoms with van der Waals surface area (Å²) in [4.78, 5) is 0. The molecule has 2 bridgehead atoms. The summed E-state index contributed by atoms with van der Waals surface area (Å²) in [7, 11) is 0. The smallest absolute Gasteiger partial charge is 0.0760 e. The first-order chi connectivity index (χ1) is 5.36. The molecule has 1 saturated carbocycles. The second kappa shape index (κ2) is 1.78. The van der Waals surface area contributed by atoms with Crippen LogP contribution in [0.3, 0.4) is 0 Å². The highest BCUT2D eigenvalue weighted by Crippen LogP contribution is 2.52. The Kier molecular flexibility index (Phi) is 0.972.